The lowest BCUT2D eigenvalue weighted by Crippen LogP contribution is -2.58. The summed E-state index contributed by atoms with van der Waals surface area (Å²) in [6.07, 6.45) is -0.150. The monoisotopic (exact) mass is 466 g/mol. The van der Waals surface area contributed by atoms with Crippen molar-refractivity contribution in [3.05, 3.63) is 0 Å². The molecule has 0 aliphatic carbocycles. The van der Waals surface area contributed by atoms with Gasteiger partial charge in [0.2, 0.25) is 17.7 Å². The van der Waals surface area contributed by atoms with Crippen LogP contribution in [0.2, 0.25) is 0 Å². The van der Waals surface area contributed by atoms with E-state index in [9.17, 15) is 29.1 Å². The summed E-state index contributed by atoms with van der Waals surface area (Å²) in [5.74, 6) is -5.18. The number of thiol groups is 2. The topological polar surface area (TPSA) is 188 Å². The number of carbonyl (C=O) groups excluding carboxylic acids is 3. The van der Waals surface area contributed by atoms with Crippen molar-refractivity contribution in [3.8, 4) is 0 Å². The van der Waals surface area contributed by atoms with Crippen LogP contribution in [0.1, 0.15) is 33.1 Å². The van der Waals surface area contributed by atoms with E-state index >= 15 is 0 Å². The van der Waals surface area contributed by atoms with Gasteiger partial charge >= 0.3 is 11.9 Å². The molecule has 172 valence electrons. The third-order valence-electron chi connectivity index (χ3n) is 4.41. The van der Waals surface area contributed by atoms with Crippen LogP contribution >= 0.6 is 25.3 Å². The molecule has 30 heavy (non-hydrogen) atoms. The van der Waals surface area contributed by atoms with Crippen LogP contribution in [0.25, 0.3) is 0 Å². The van der Waals surface area contributed by atoms with Crippen molar-refractivity contribution in [3.63, 3.8) is 0 Å². The maximum Gasteiger partial charge on any atom is 0.326 e. The van der Waals surface area contributed by atoms with E-state index in [4.69, 9.17) is 10.8 Å². The van der Waals surface area contributed by atoms with Gasteiger partial charge in [0, 0.05) is 17.9 Å². The molecule has 0 saturated carbocycles. The first-order valence-corrected chi connectivity index (χ1v) is 10.6. The SMILES string of the molecule is CCC(C)C(NC(=O)C(CS)NC(=O)C(CCC(=O)O)NC(=O)C(N)CS)C(=O)O. The summed E-state index contributed by atoms with van der Waals surface area (Å²) in [6, 6.07) is -4.63. The maximum atomic E-state index is 12.6. The molecule has 0 radical (unpaired) electrons. The molecule has 0 fully saturated rings. The Kier molecular flexibility index (Phi) is 13.2. The molecule has 0 heterocycles. The van der Waals surface area contributed by atoms with Crippen LogP contribution in [0.3, 0.4) is 0 Å². The molecule has 0 aromatic carbocycles. The first-order valence-electron chi connectivity index (χ1n) is 9.31. The van der Waals surface area contributed by atoms with E-state index < -0.39 is 60.2 Å². The van der Waals surface area contributed by atoms with E-state index in [2.05, 4.69) is 41.2 Å². The zero-order valence-electron chi connectivity index (χ0n) is 16.8. The third kappa shape index (κ3) is 9.67. The molecule has 0 saturated heterocycles. The summed E-state index contributed by atoms with van der Waals surface area (Å²) in [6.45, 7) is 3.44. The highest BCUT2D eigenvalue weighted by Gasteiger charge is 2.31. The lowest BCUT2D eigenvalue weighted by Gasteiger charge is -2.25. The van der Waals surface area contributed by atoms with Crippen molar-refractivity contribution < 1.29 is 34.2 Å². The van der Waals surface area contributed by atoms with Crippen molar-refractivity contribution in [2.45, 2.75) is 57.3 Å². The van der Waals surface area contributed by atoms with Crippen LogP contribution < -0.4 is 21.7 Å². The molecule has 3 amide bonds. The van der Waals surface area contributed by atoms with Crippen LogP contribution in [0, 0.1) is 5.92 Å². The lowest BCUT2D eigenvalue weighted by atomic mass is 9.99. The fourth-order valence-corrected chi connectivity index (χ4v) is 2.72. The quantitative estimate of drug-likeness (QED) is 0.144. The summed E-state index contributed by atoms with van der Waals surface area (Å²) in [4.78, 5) is 59.3. The molecule has 7 N–H and O–H groups in total. The average molecular weight is 467 g/mol. The molecule has 0 bridgehead atoms. The number of nitrogens with one attached hydrogen (secondary N) is 3. The minimum Gasteiger partial charge on any atom is -0.481 e. The molecule has 11 nitrogen and oxygen atoms in total. The summed E-state index contributed by atoms with van der Waals surface area (Å²) < 4.78 is 0. The number of amides is 3. The first-order chi connectivity index (χ1) is 14.0. The molecule has 0 rings (SSSR count). The number of aliphatic carboxylic acids is 2. The number of carbonyl (C=O) groups is 5. The van der Waals surface area contributed by atoms with Gasteiger partial charge in [-0.3, -0.25) is 19.2 Å². The maximum absolute atomic E-state index is 12.6. The van der Waals surface area contributed by atoms with Gasteiger partial charge in [-0.25, -0.2) is 4.79 Å². The van der Waals surface area contributed by atoms with Gasteiger partial charge in [0.25, 0.3) is 0 Å². The van der Waals surface area contributed by atoms with Crippen LogP contribution in [-0.4, -0.2) is 75.5 Å². The highest BCUT2D eigenvalue weighted by atomic mass is 32.1. The Hall–Kier alpha value is -1.99. The third-order valence-corrected chi connectivity index (χ3v) is 5.16. The summed E-state index contributed by atoms with van der Waals surface area (Å²) in [7, 11) is 0. The van der Waals surface area contributed by atoms with Gasteiger partial charge < -0.3 is 31.9 Å². The fraction of sp³-hybridized carbons (Fsp3) is 0.706. The van der Waals surface area contributed by atoms with Crippen molar-refractivity contribution in [1.82, 2.24) is 16.0 Å². The lowest BCUT2D eigenvalue weighted by molar-refractivity contribution is -0.143. The van der Waals surface area contributed by atoms with Gasteiger partial charge in [-0.2, -0.15) is 25.3 Å². The smallest absolute Gasteiger partial charge is 0.326 e. The molecule has 0 aromatic heterocycles. The minimum atomic E-state index is -1.26. The second-order valence-corrected chi connectivity index (χ2v) is 7.47. The molecule has 13 heteroatoms. The number of hydrogen-bond acceptors (Lipinski definition) is 8. The second kappa shape index (κ2) is 14.1. The van der Waals surface area contributed by atoms with E-state index in [0.717, 1.165) is 0 Å². The van der Waals surface area contributed by atoms with Crippen LogP contribution in [0.15, 0.2) is 0 Å². The van der Waals surface area contributed by atoms with Crippen molar-refractivity contribution in [2.75, 3.05) is 11.5 Å². The molecule has 5 atom stereocenters. The van der Waals surface area contributed by atoms with Crippen LogP contribution in [0.5, 0.6) is 0 Å². The largest absolute Gasteiger partial charge is 0.481 e. The number of carboxylic acids is 2. The molecule has 5 unspecified atom stereocenters. The Balaban J connectivity index is 5.28. The first kappa shape index (κ1) is 28.0. The highest BCUT2D eigenvalue weighted by Crippen LogP contribution is 2.09. The predicted molar refractivity (Wildman–Crippen MR) is 115 cm³/mol. The van der Waals surface area contributed by atoms with Gasteiger partial charge in [-0.1, -0.05) is 20.3 Å². The van der Waals surface area contributed by atoms with Crippen molar-refractivity contribution in [1.29, 1.82) is 0 Å². The van der Waals surface area contributed by atoms with Gasteiger partial charge in [0.05, 0.1) is 6.04 Å². The Morgan fingerprint density at radius 2 is 1.43 bits per heavy atom. The van der Waals surface area contributed by atoms with Gasteiger partial charge in [0.15, 0.2) is 0 Å². The summed E-state index contributed by atoms with van der Waals surface area (Å²) in [5.41, 5.74) is 5.55. The van der Waals surface area contributed by atoms with Crippen molar-refractivity contribution in [2.24, 2.45) is 11.7 Å². The fourth-order valence-electron chi connectivity index (χ4n) is 2.30. The molecular formula is C17H30N4O7S2. The summed E-state index contributed by atoms with van der Waals surface area (Å²) in [5, 5.41) is 25.2. The molecular weight excluding hydrogens is 436 g/mol. The zero-order valence-corrected chi connectivity index (χ0v) is 18.6. The standard InChI is InChI=1S/C17H30N4O7S2/c1-3-8(2)13(17(27)28)21-16(26)11(7-30)20-15(25)10(4-5-12(22)23)19-14(24)9(18)6-29/h8-11,13,29-30H,3-7,18H2,1-2H3,(H,19,24)(H,20,25)(H,21,26)(H,22,23)(H,27,28). The van der Waals surface area contributed by atoms with Crippen LogP contribution in [0.4, 0.5) is 0 Å². The predicted octanol–water partition coefficient (Wildman–Crippen LogP) is -1.38. The highest BCUT2D eigenvalue weighted by molar-refractivity contribution is 7.80. The molecule has 0 spiro atoms. The van der Waals surface area contributed by atoms with Gasteiger partial charge in [0.1, 0.15) is 18.1 Å². The van der Waals surface area contributed by atoms with E-state index in [1.54, 1.807) is 13.8 Å². The number of nitrogens with two attached hydrogens (primary N) is 1. The Labute approximate surface area is 185 Å². The van der Waals surface area contributed by atoms with Crippen molar-refractivity contribution >= 4 is 54.9 Å². The minimum absolute atomic E-state index is 0.00691. The molecule has 0 aliphatic heterocycles. The van der Waals surface area contributed by atoms with E-state index in [-0.39, 0.29) is 23.8 Å². The van der Waals surface area contributed by atoms with Crippen LogP contribution in [-0.2, 0) is 24.0 Å². The second-order valence-electron chi connectivity index (χ2n) is 6.74. The Bertz CT molecular complexity index is 635. The van der Waals surface area contributed by atoms with E-state index in [1.807, 2.05) is 0 Å². The van der Waals surface area contributed by atoms with Gasteiger partial charge in [-0.05, 0) is 12.3 Å². The number of rotatable bonds is 14. The normalized spacial score (nSPS) is 15.8. The van der Waals surface area contributed by atoms with Gasteiger partial charge in [-0.15, -0.1) is 0 Å². The van der Waals surface area contributed by atoms with E-state index in [0.29, 0.717) is 6.42 Å². The average Bonchev–Trinajstić information content (AvgIpc) is 2.70. The number of hydrogen-bond donors (Lipinski definition) is 8. The number of carboxylic acid groups (broad SMARTS) is 2. The summed E-state index contributed by atoms with van der Waals surface area (Å²) >= 11 is 7.91. The molecule has 0 aliphatic rings. The van der Waals surface area contributed by atoms with E-state index in [1.165, 1.54) is 0 Å². The Morgan fingerprint density at radius 3 is 1.87 bits per heavy atom. The zero-order chi connectivity index (χ0) is 23.4. The Morgan fingerprint density at radius 1 is 0.900 bits per heavy atom. The molecule has 0 aromatic rings.